The summed E-state index contributed by atoms with van der Waals surface area (Å²) in [5, 5.41) is 0.771. The molecule has 0 bridgehead atoms. The Morgan fingerprint density at radius 1 is 1.08 bits per heavy atom. The Labute approximate surface area is 211 Å². The Bertz CT molecular complexity index is 1380. The van der Waals surface area contributed by atoms with E-state index in [-0.39, 0.29) is 12.7 Å². The number of halogens is 3. The average Bonchev–Trinajstić information content (AvgIpc) is 3.17. The van der Waals surface area contributed by atoms with E-state index in [1.165, 1.54) is 17.8 Å². The molecule has 4 rings (SSSR count). The lowest BCUT2D eigenvalue weighted by Gasteiger charge is -2.13. The first kappa shape index (κ1) is 25.6. The minimum Gasteiger partial charge on any atom is -0.491 e. The van der Waals surface area contributed by atoms with Crippen LogP contribution in [0, 0.1) is 0 Å². The molecule has 0 aliphatic heterocycles. The maximum absolute atomic E-state index is 13.1. The summed E-state index contributed by atoms with van der Waals surface area (Å²) in [6.07, 6.45) is -1.74. The largest absolute Gasteiger partial charge is 0.491 e. The van der Waals surface area contributed by atoms with Crippen LogP contribution in [0.15, 0.2) is 65.7 Å². The third-order valence-corrected chi connectivity index (χ3v) is 6.27. The molecule has 0 aliphatic rings. The summed E-state index contributed by atoms with van der Waals surface area (Å²) in [7, 11) is 0. The summed E-state index contributed by atoms with van der Waals surface area (Å²) in [6, 6.07) is 15.2. The number of esters is 1. The van der Waals surface area contributed by atoms with E-state index >= 15 is 0 Å². The minimum absolute atomic E-state index is 0.0265. The van der Waals surface area contributed by atoms with Gasteiger partial charge in [0.15, 0.2) is 0 Å². The van der Waals surface area contributed by atoms with Gasteiger partial charge in [-0.25, -0.2) is 4.79 Å². The number of hydrogen-bond donors (Lipinski definition) is 0. The predicted octanol–water partition coefficient (Wildman–Crippen LogP) is 7.40. The van der Waals surface area contributed by atoms with Gasteiger partial charge in [-0.15, -0.1) is 11.8 Å². The number of thioether (sulfide) groups is 1. The summed E-state index contributed by atoms with van der Waals surface area (Å²) < 4.78 is 51.9. The van der Waals surface area contributed by atoms with Crippen molar-refractivity contribution in [3.63, 3.8) is 0 Å². The normalized spacial score (nSPS) is 11.8. The highest BCUT2D eigenvalue weighted by Gasteiger charge is 2.31. The molecule has 0 amide bonds. The number of benzene rings is 2. The number of hydrogen-bond acceptors (Lipinski definition) is 5. The van der Waals surface area contributed by atoms with E-state index in [0.717, 1.165) is 28.9 Å². The number of nitrogens with zero attached hydrogens (tertiary/aromatic N) is 2. The van der Waals surface area contributed by atoms with Gasteiger partial charge < -0.3 is 14.0 Å². The van der Waals surface area contributed by atoms with Crippen LogP contribution in [0.25, 0.3) is 27.8 Å². The Morgan fingerprint density at radius 2 is 1.81 bits per heavy atom. The van der Waals surface area contributed by atoms with Crippen LogP contribution in [0.4, 0.5) is 13.2 Å². The molecule has 5 nitrogen and oxygen atoms in total. The molecule has 0 N–H and O–H groups in total. The highest BCUT2D eigenvalue weighted by atomic mass is 32.2. The van der Waals surface area contributed by atoms with Crippen molar-refractivity contribution in [2.24, 2.45) is 0 Å². The number of fused-ring (bicyclic) bond motifs is 1. The second kappa shape index (κ2) is 10.3. The van der Waals surface area contributed by atoms with Crippen molar-refractivity contribution in [1.29, 1.82) is 0 Å². The molecular formula is C27H25F3N2O3S. The van der Waals surface area contributed by atoms with Gasteiger partial charge in [0.05, 0.1) is 29.5 Å². The maximum atomic E-state index is 13.1. The van der Waals surface area contributed by atoms with Crippen LogP contribution >= 0.6 is 11.8 Å². The number of rotatable bonds is 7. The fraction of sp³-hybridized carbons (Fsp3) is 0.259. The number of pyridine rings is 1. The molecule has 0 atom stereocenters. The maximum Gasteiger partial charge on any atom is 0.417 e. The zero-order chi connectivity index (χ0) is 26.0. The smallest absolute Gasteiger partial charge is 0.417 e. The summed E-state index contributed by atoms with van der Waals surface area (Å²) in [5.41, 5.74) is 2.12. The highest BCUT2D eigenvalue weighted by Crippen LogP contribution is 2.38. The molecule has 0 saturated carbocycles. The van der Waals surface area contributed by atoms with Crippen LogP contribution in [-0.4, -0.2) is 34.5 Å². The zero-order valence-electron chi connectivity index (χ0n) is 20.2. The van der Waals surface area contributed by atoms with Crippen LogP contribution in [0.5, 0.6) is 5.75 Å². The minimum atomic E-state index is -4.46. The molecule has 2 aromatic heterocycles. The van der Waals surface area contributed by atoms with Crippen LogP contribution in [0.2, 0.25) is 0 Å². The van der Waals surface area contributed by atoms with Gasteiger partial charge >= 0.3 is 12.1 Å². The molecule has 0 unspecified atom stereocenters. The fourth-order valence-corrected chi connectivity index (χ4v) is 4.71. The molecule has 0 saturated heterocycles. The summed E-state index contributed by atoms with van der Waals surface area (Å²) in [6.45, 7) is 5.85. The monoisotopic (exact) mass is 514 g/mol. The first-order chi connectivity index (χ1) is 17.1. The topological polar surface area (TPSA) is 53.3 Å². The first-order valence-electron chi connectivity index (χ1n) is 11.3. The van der Waals surface area contributed by atoms with E-state index in [2.05, 4.69) is 4.98 Å². The first-order valence-corrected chi connectivity index (χ1v) is 12.6. The standard InChI is InChI=1S/C27H25F3N2O3S/c1-5-34-26(33)24-25(36-4)21-14-17(22-12-7-18(15-31-22)27(28,29)30)6-13-23(21)32(24)19-8-10-20(11-9-19)35-16(2)3/h6-16H,5H2,1-4H3. The van der Waals surface area contributed by atoms with Crippen molar-refractivity contribution >= 4 is 28.6 Å². The van der Waals surface area contributed by atoms with Gasteiger partial charge in [-0.3, -0.25) is 4.98 Å². The van der Waals surface area contributed by atoms with Crippen LogP contribution in [0.1, 0.15) is 36.8 Å². The van der Waals surface area contributed by atoms with Crippen molar-refractivity contribution in [3.05, 3.63) is 72.1 Å². The molecule has 0 aliphatic carbocycles. The van der Waals surface area contributed by atoms with E-state index in [1.807, 2.05) is 61.1 Å². The van der Waals surface area contributed by atoms with Crippen molar-refractivity contribution in [2.45, 2.75) is 37.9 Å². The second-order valence-electron chi connectivity index (χ2n) is 8.26. The lowest BCUT2D eigenvalue weighted by Crippen LogP contribution is -2.12. The quantitative estimate of drug-likeness (QED) is 0.190. The molecule has 2 heterocycles. The Balaban J connectivity index is 1.88. The van der Waals surface area contributed by atoms with Gasteiger partial charge in [0.25, 0.3) is 0 Å². The molecule has 0 radical (unpaired) electrons. The molecule has 4 aromatic rings. The predicted molar refractivity (Wildman–Crippen MR) is 135 cm³/mol. The third-order valence-electron chi connectivity index (χ3n) is 5.45. The molecular weight excluding hydrogens is 489 g/mol. The number of carbonyl (C=O) groups is 1. The van der Waals surface area contributed by atoms with E-state index in [4.69, 9.17) is 9.47 Å². The lowest BCUT2D eigenvalue weighted by molar-refractivity contribution is -0.137. The van der Waals surface area contributed by atoms with Gasteiger partial charge in [-0.1, -0.05) is 6.07 Å². The van der Waals surface area contributed by atoms with Crippen LogP contribution in [-0.2, 0) is 10.9 Å². The Morgan fingerprint density at radius 3 is 2.36 bits per heavy atom. The molecule has 36 heavy (non-hydrogen) atoms. The van der Waals surface area contributed by atoms with E-state index < -0.39 is 17.7 Å². The van der Waals surface area contributed by atoms with E-state index in [1.54, 1.807) is 13.0 Å². The van der Waals surface area contributed by atoms with Gasteiger partial charge in [0, 0.05) is 27.7 Å². The van der Waals surface area contributed by atoms with Crippen molar-refractivity contribution in [1.82, 2.24) is 9.55 Å². The summed E-state index contributed by atoms with van der Waals surface area (Å²) >= 11 is 1.40. The Kier molecular flexibility index (Phi) is 7.31. The van der Waals surface area contributed by atoms with Crippen molar-refractivity contribution in [2.75, 3.05) is 12.9 Å². The zero-order valence-corrected chi connectivity index (χ0v) is 21.0. The van der Waals surface area contributed by atoms with Gasteiger partial charge in [-0.05, 0) is 75.6 Å². The number of ether oxygens (including phenoxy) is 2. The molecule has 0 fully saturated rings. The van der Waals surface area contributed by atoms with E-state index in [0.29, 0.717) is 27.6 Å². The van der Waals surface area contributed by atoms with E-state index in [9.17, 15) is 18.0 Å². The number of alkyl halides is 3. The van der Waals surface area contributed by atoms with Gasteiger partial charge in [-0.2, -0.15) is 13.2 Å². The summed E-state index contributed by atoms with van der Waals surface area (Å²) in [5.74, 6) is 0.249. The van der Waals surface area contributed by atoms with Crippen LogP contribution < -0.4 is 4.74 Å². The number of carbonyl (C=O) groups excluding carboxylic acids is 1. The third kappa shape index (κ3) is 5.06. The molecule has 9 heteroatoms. The average molecular weight is 515 g/mol. The summed E-state index contributed by atoms with van der Waals surface area (Å²) in [4.78, 5) is 17.8. The number of aromatic nitrogens is 2. The van der Waals surface area contributed by atoms with Gasteiger partial charge in [0.2, 0.25) is 0 Å². The van der Waals surface area contributed by atoms with Crippen LogP contribution in [0.3, 0.4) is 0 Å². The lowest BCUT2D eigenvalue weighted by atomic mass is 10.1. The van der Waals surface area contributed by atoms with Crippen molar-refractivity contribution in [3.8, 4) is 22.7 Å². The fourth-order valence-electron chi connectivity index (χ4n) is 3.96. The van der Waals surface area contributed by atoms with Gasteiger partial charge in [0.1, 0.15) is 11.4 Å². The molecule has 188 valence electrons. The SMILES string of the molecule is CCOC(=O)c1c(SC)c2cc(-c3ccc(C(F)(F)F)cn3)ccc2n1-c1ccc(OC(C)C)cc1. The Hall–Kier alpha value is -3.46. The molecule has 2 aromatic carbocycles. The second-order valence-corrected chi connectivity index (χ2v) is 9.08. The molecule has 0 spiro atoms. The van der Waals surface area contributed by atoms with Crippen molar-refractivity contribution < 1.29 is 27.4 Å². The highest BCUT2D eigenvalue weighted by molar-refractivity contribution is 7.99.